The van der Waals surface area contributed by atoms with E-state index in [1.165, 1.54) is 36.1 Å². The van der Waals surface area contributed by atoms with Crippen molar-refractivity contribution in [1.82, 2.24) is 10.2 Å². The van der Waals surface area contributed by atoms with Gasteiger partial charge in [0.1, 0.15) is 5.84 Å². The number of carbonyl (C=O) groups excluding carboxylic acids is 1. The molecule has 0 spiro atoms. The molecule has 2 aliphatic heterocycles. The van der Waals surface area contributed by atoms with E-state index in [1.54, 1.807) is 11.8 Å². The van der Waals surface area contributed by atoms with E-state index < -0.39 is 0 Å². The fourth-order valence-corrected chi connectivity index (χ4v) is 5.75. The number of hydrogen-bond acceptors (Lipinski definition) is 4. The Morgan fingerprint density at radius 2 is 1.79 bits per heavy atom. The molecule has 34 heavy (non-hydrogen) atoms. The van der Waals surface area contributed by atoms with Crippen molar-refractivity contribution in [3.8, 4) is 0 Å². The van der Waals surface area contributed by atoms with Gasteiger partial charge >= 0.3 is 0 Å². The van der Waals surface area contributed by atoms with Crippen LogP contribution in [0.2, 0.25) is 5.02 Å². The molecule has 0 saturated carbocycles. The van der Waals surface area contributed by atoms with Gasteiger partial charge in [-0.15, -0.1) is 0 Å². The molecule has 0 aromatic heterocycles. The van der Waals surface area contributed by atoms with Gasteiger partial charge in [0.25, 0.3) is 5.91 Å². The number of benzene rings is 3. The summed E-state index contributed by atoms with van der Waals surface area (Å²) < 4.78 is 0. The number of likely N-dealkylation sites (tertiary alicyclic amines) is 1. The van der Waals surface area contributed by atoms with E-state index in [4.69, 9.17) is 16.6 Å². The van der Waals surface area contributed by atoms with Crippen LogP contribution in [-0.2, 0) is 6.54 Å². The van der Waals surface area contributed by atoms with Gasteiger partial charge in [-0.2, -0.15) is 0 Å². The number of nitrogens with one attached hydrogen (secondary N) is 1. The molecule has 5 rings (SSSR count). The summed E-state index contributed by atoms with van der Waals surface area (Å²) in [5, 5.41) is 3.75. The Labute approximate surface area is 210 Å². The van der Waals surface area contributed by atoms with E-state index in [0.29, 0.717) is 17.1 Å². The van der Waals surface area contributed by atoms with E-state index >= 15 is 0 Å². The highest BCUT2D eigenvalue weighted by atomic mass is 35.5. The Morgan fingerprint density at radius 1 is 1.00 bits per heavy atom. The SMILES string of the molecule is Cc1cc(Cl)ccc1CNC(=O)c1ccc2c(c1)N=C(N1CCCCCC1)c1ccccc1S2. The summed E-state index contributed by atoms with van der Waals surface area (Å²) in [5.74, 6) is 0.925. The van der Waals surface area contributed by atoms with Crippen LogP contribution in [0.4, 0.5) is 5.69 Å². The zero-order valence-electron chi connectivity index (χ0n) is 19.3. The van der Waals surface area contributed by atoms with Gasteiger partial charge in [0, 0.05) is 45.6 Å². The smallest absolute Gasteiger partial charge is 0.251 e. The van der Waals surface area contributed by atoms with Crippen molar-refractivity contribution in [2.75, 3.05) is 13.1 Å². The normalized spacial score (nSPS) is 15.5. The van der Waals surface area contributed by atoms with Gasteiger partial charge in [-0.1, -0.05) is 60.5 Å². The van der Waals surface area contributed by atoms with E-state index in [-0.39, 0.29) is 5.91 Å². The van der Waals surface area contributed by atoms with Crippen molar-refractivity contribution in [1.29, 1.82) is 0 Å². The van der Waals surface area contributed by atoms with Crippen LogP contribution in [-0.4, -0.2) is 29.7 Å². The predicted octanol–water partition coefficient (Wildman–Crippen LogP) is 7.00. The van der Waals surface area contributed by atoms with Gasteiger partial charge in [0.05, 0.1) is 5.69 Å². The van der Waals surface area contributed by atoms with Crippen LogP contribution in [0.5, 0.6) is 0 Å². The Kier molecular flexibility index (Phi) is 6.93. The summed E-state index contributed by atoms with van der Waals surface area (Å²) in [6.07, 6.45) is 4.92. The van der Waals surface area contributed by atoms with Gasteiger partial charge in [-0.25, -0.2) is 4.99 Å². The fourth-order valence-electron chi connectivity index (χ4n) is 4.52. The highest BCUT2D eigenvalue weighted by Gasteiger charge is 2.23. The van der Waals surface area contributed by atoms with Crippen LogP contribution in [0.3, 0.4) is 0 Å². The first-order valence-electron chi connectivity index (χ1n) is 11.9. The molecule has 2 heterocycles. The minimum atomic E-state index is -0.101. The Bertz CT molecular complexity index is 1250. The number of rotatable bonds is 3. The molecule has 174 valence electrons. The molecule has 3 aromatic carbocycles. The molecular weight excluding hydrogens is 462 g/mol. The molecule has 2 aliphatic rings. The summed E-state index contributed by atoms with van der Waals surface area (Å²) >= 11 is 7.79. The number of halogens is 1. The molecule has 6 heteroatoms. The maximum Gasteiger partial charge on any atom is 0.251 e. The number of amides is 1. The van der Waals surface area contributed by atoms with Crippen LogP contribution < -0.4 is 5.32 Å². The van der Waals surface area contributed by atoms with Crippen LogP contribution >= 0.6 is 23.4 Å². The average Bonchev–Trinajstić information content (AvgIpc) is 3.20. The van der Waals surface area contributed by atoms with Crippen LogP contribution in [0.15, 0.2) is 75.4 Å². The first-order valence-corrected chi connectivity index (χ1v) is 13.1. The van der Waals surface area contributed by atoms with Gasteiger partial charge < -0.3 is 10.2 Å². The number of aliphatic imine (C=N–C) groups is 1. The minimum absolute atomic E-state index is 0.101. The summed E-state index contributed by atoms with van der Waals surface area (Å²) in [7, 11) is 0. The van der Waals surface area contributed by atoms with Crippen molar-refractivity contribution in [3.05, 3.63) is 87.9 Å². The Balaban J connectivity index is 1.44. The summed E-state index contributed by atoms with van der Waals surface area (Å²) in [6.45, 7) is 4.51. The van der Waals surface area contributed by atoms with Crippen LogP contribution in [0.25, 0.3) is 0 Å². The largest absolute Gasteiger partial charge is 0.356 e. The van der Waals surface area contributed by atoms with Crippen molar-refractivity contribution >= 4 is 40.8 Å². The third kappa shape index (κ3) is 5.01. The summed E-state index contributed by atoms with van der Waals surface area (Å²) in [5.41, 5.74) is 4.78. The highest BCUT2D eigenvalue weighted by Crippen LogP contribution is 2.41. The van der Waals surface area contributed by atoms with Crippen LogP contribution in [0.1, 0.15) is 52.7 Å². The molecule has 0 bridgehead atoms. The zero-order chi connectivity index (χ0) is 23.5. The Hall–Kier alpha value is -2.76. The first kappa shape index (κ1) is 23.0. The van der Waals surface area contributed by atoms with Crippen molar-refractivity contribution in [3.63, 3.8) is 0 Å². The molecule has 0 aliphatic carbocycles. The topological polar surface area (TPSA) is 44.7 Å². The number of hydrogen-bond donors (Lipinski definition) is 1. The number of carbonyl (C=O) groups is 1. The van der Waals surface area contributed by atoms with E-state index in [1.807, 2.05) is 43.3 Å². The number of fused-ring (bicyclic) bond motifs is 2. The Morgan fingerprint density at radius 3 is 2.59 bits per heavy atom. The molecule has 0 unspecified atom stereocenters. The molecule has 3 aromatic rings. The molecule has 1 fully saturated rings. The lowest BCUT2D eigenvalue weighted by Crippen LogP contribution is -2.32. The second-order valence-electron chi connectivity index (χ2n) is 8.87. The lowest BCUT2D eigenvalue weighted by Gasteiger charge is -2.25. The zero-order valence-corrected chi connectivity index (χ0v) is 20.9. The molecular formula is C28H28ClN3OS. The monoisotopic (exact) mass is 489 g/mol. The third-order valence-electron chi connectivity index (χ3n) is 6.44. The minimum Gasteiger partial charge on any atom is -0.356 e. The maximum atomic E-state index is 13.0. The fraction of sp³-hybridized carbons (Fsp3) is 0.286. The molecule has 4 nitrogen and oxygen atoms in total. The number of amidine groups is 1. The van der Waals surface area contributed by atoms with Crippen molar-refractivity contribution in [2.24, 2.45) is 4.99 Å². The first-order chi connectivity index (χ1) is 16.6. The molecule has 0 atom stereocenters. The van der Waals surface area contributed by atoms with E-state index in [0.717, 1.165) is 40.6 Å². The second-order valence-corrected chi connectivity index (χ2v) is 10.4. The van der Waals surface area contributed by atoms with Gasteiger partial charge in [0.15, 0.2) is 0 Å². The van der Waals surface area contributed by atoms with Crippen molar-refractivity contribution < 1.29 is 4.79 Å². The molecule has 1 saturated heterocycles. The van der Waals surface area contributed by atoms with Gasteiger partial charge in [0.2, 0.25) is 0 Å². The summed E-state index contributed by atoms with van der Waals surface area (Å²) in [6, 6.07) is 20.1. The van der Waals surface area contributed by atoms with Crippen molar-refractivity contribution in [2.45, 2.75) is 48.9 Å². The molecule has 1 amide bonds. The van der Waals surface area contributed by atoms with Crippen LogP contribution in [0, 0.1) is 6.92 Å². The lowest BCUT2D eigenvalue weighted by atomic mass is 10.1. The maximum absolute atomic E-state index is 13.0. The second kappa shape index (κ2) is 10.2. The van der Waals surface area contributed by atoms with Gasteiger partial charge in [-0.05, 0) is 67.3 Å². The quantitative estimate of drug-likeness (QED) is 0.431. The third-order valence-corrected chi connectivity index (χ3v) is 7.82. The number of aryl methyl sites for hydroxylation is 1. The summed E-state index contributed by atoms with van der Waals surface area (Å²) in [4.78, 5) is 22.9. The molecule has 1 N–H and O–H groups in total. The highest BCUT2D eigenvalue weighted by molar-refractivity contribution is 7.99. The van der Waals surface area contributed by atoms with E-state index in [2.05, 4.69) is 34.5 Å². The van der Waals surface area contributed by atoms with E-state index in [9.17, 15) is 4.79 Å². The average molecular weight is 490 g/mol. The van der Waals surface area contributed by atoms with Gasteiger partial charge in [-0.3, -0.25) is 4.79 Å². The lowest BCUT2D eigenvalue weighted by molar-refractivity contribution is 0.0951. The number of nitrogens with zero attached hydrogens (tertiary/aromatic N) is 2. The molecule has 0 radical (unpaired) electrons. The predicted molar refractivity (Wildman–Crippen MR) is 141 cm³/mol. The standard InChI is InChI=1S/C28H28ClN3OS/c1-19-16-22(29)12-10-21(19)18-30-28(33)20-11-13-26-24(17-20)31-27(32-14-6-2-3-7-15-32)23-8-4-5-9-25(23)34-26/h4-5,8-13,16-17H,2-3,6-7,14-15,18H2,1H3,(H,30,33).